The van der Waals surface area contributed by atoms with Crippen LogP contribution in [0.2, 0.25) is 0 Å². The Kier molecular flexibility index (Phi) is 6.68. The Morgan fingerprint density at radius 1 is 1.43 bits per heavy atom. The van der Waals surface area contributed by atoms with Gasteiger partial charge in [-0.05, 0) is 24.4 Å². The molecule has 0 amide bonds. The van der Waals surface area contributed by atoms with E-state index < -0.39 is 41.6 Å². The van der Waals surface area contributed by atoms with Gasteiger partial charge in [0.25, 0.3) is 5.56 Å². The Morgan fingerprint density at radius 2 is 2.17 bits per heavy atom. The SMILES string of the molecule is Cc1cn([C@H]2CC(N=[N+]=[N-])[C@@H](COC(=O)C(N)Cc3ccccc3)O2)c(=O)[nH]c1=O. The number of benzene rings is 1. The molecule has 4 atom stereocenters. The molecule has 0 saturated carbocycles. The number of hydrogen-bond acceptors (Lipinski definition) is 7. The molecule has 0 radical (unpaired) electrons. The standard InChI is InChI=1S/C19H22N6O5/c1-11-9-25(19(28)22-17(11)26)16-8-14(23-24-21)15(30-16)10-29-18(27)13(20)7-12-5-3-2-4-6-12/h2-6,9,13-16H,7-8,10,20H2,1H3,(H,22,26,28)/t13?,14?,15-,16-/m1/s1. The second-order valence-electron chi connectivity index (χ2n) is 7.04. The molecule has 1 aliphatic heterocycles. The second kappa shape index (κ2) is 9.40. The number of esters is 1. The highest BCUT2D eigenvalue weighted by atomic mass is 16.6. The second-order valence-corrected chi connectivity index (χ2v) is 7.04. The Morgan fingerprint density at radius 3 is 2.87 bits per heavy atom. The van der Waals surface area contributed by atoms with E-state index in [2.05, 4.69) is 15.0 Å². The van der Waals surface area contributed by atoms with Gasteiger partial charge in [0.2, 0.25) is 0 Å². The monoisotopic (exact) mass is 414 g/mol. The predicted molar refractivity (Wildman–Crippen MR) is 107 cm³/mol. The molecule has 1 aromatic carbocycles. The fourth-order valence-corrected chi connectivity index (χ4v) is 3.25. The van der Waals surface area contributed by atoms with E-state index in [4.69, 9.17) is 20.7 Å². The summed E-state index contributed by atoms with van der Waals surface area (Å²) in [6.45, 7) is 1.38. The van der Waals surface area contributed by atoms with Crippen LogP contribution in [0.15, 0.2) is 51.2 Å². The lowest BCUT2D eigenvalue weighted by Crippen LogP contribution is -2.37. The average molecular weight is 414 g/mol. The van der Waals surface area contributed by atoms with Crippen LogP contribution in [0, 0.1) is 6.92 Å². The van der Waals surface area contributed by atoms with Gasteiger partial charge in [-0.2, -0.15) is 0 Å². The minimum atomic E-state index is -0.855. The maximum absolute atomic E-state index is 12.3. The van der Waals surface area contributed by atoms with Gasteiger partial charge in [0.05, 0.1) is 6.04 Å². The summed E-state index contributed by atoms with van der Waals surface area (Å²) >= 11 is 0. The molecule has 2 unspecified atom stereocenters. The maximum Gasteiger partial charge on any atom is 0.330 e. The Balaban J connectivity index is 1.65. The summed E-state index contributed by atoms with van der Waals surface area (Å²) in [7, 11) is 0. The van der Waals surface area contributed by atoms with Gasteiger partial charge in [-0.15, -0.1) is 0 Å². The number of carbonyl (C=O) groups is 1. The third-order valence-corrected chi connectivity index (χ3v) is 4.85. The summed E-state index contributed by atoms with van der Waals surface area (Å²) in [6, 6.07) is 7.78. The molecule has 3 N–H and O–H groups in total. The van der Waals surface area contributed by atoms with Gasteiger partial charge in [-0.1, -0.05) is 35.4 Å². The van der Waals surface area contributed by atoms with Crippen molar-refractivity contribution in [1.29, 1.82) is 0 Å². The number of nitrogens with one attached hydrogen (secondary N) is 1. The first kappa shape index (κ1) is 21.3. The number of carbonyl (C=O) groups excluding carboxylic acids is 1. The zero-order valence-electron chi connectivity index (χ0n) is 16.3. The number of H-pyrrole nitrogens is 1. The zero-order chi connectivity index (χ0) is 21.7. The van der Waals surface area contributed by atoms with Gasteiger partial charge in [-0.25, -0.2) is 4.79 Å². The van der Waals surface area contributed by atoms with E-state index in [9.17, 15) is 14.4 Å². The Hall–Kier alpha value is -3.40. The molecular formula is C19H22N6O5. The summed E-state index contributed by atoms with van der Waals surface area (Å²) in [5.74, 6) is -0.609. The zero-order valence-corrected chi connectivity index (χ0v) is 16.3. The molecule has 1 saturated heterocycles. The summed E-state index contributed by atoms with van der Waals surface area (Å²) in [6.07, 6.45) is 0.361. The number of aromatic nitrogens is 2. The minimum Gasteiger partial charge on any atom is -0.462 e. The van der Waals surface area contributed by atoms with E-state index in [0.717, 1.165) is 5.56 Å². The molecule has 30 heavy (non-hydrogen) atoms. The number of ether oxygens (including phenoxy) is 2. The maximum atomic E-state index is 12.3. The number of aromatic amines is 1. The fraction of sp³-hybridized carbons (Fsp3) is 0.421. The highest BCUT2D eigenvalue weighted by Gasteiger charge is 2.37. The van der Waals surface area contributed by atoms with Crippen molar-refractivity contribution in [2.24, 2.45) is 10.8 Å². The van der Waals surface area contributed by atoms with Gasteiger partial charge in [0.15, 0.2) is 0 Å². The topological polar surface area (TPSA) is 165 Å². The van der Waals surface area contributed by atoms with E-state index in [0.29, 0.717) is 12.0 Å². The molecule has 11 nitrogen and oxygen atoms in total. The van der Waals surface area contributed by atoms with Crippen molar-refractivity contribution in [1.82, 2.24) is 9.55 Å². The molecule has 0 aliphatic carbocycles. The first-order chi connectivity index (χ1) is 14.4. The van der Waals surface area contributed by atoms with E-state index in [1.54, 1.807) is 6.92 Å². The van der Waals surface area contributed by atoms with E-state index >= 15 is 0 Å². The van der Waals surface area contributed by atoms with Crippen LogP contribution in [0.5, 0.6) is 0 Å². The van der Waals surface area contributed by atoms with Crippen molar-refractivity contribution in [3.63, 3.8) is 0 Å². The van der Waals surface area contributed by atoms with Crippen molar-refractivity contribution >= 4 is 5.97 Å². The number of hydrogen-bond donors (Lipinski definition) is 2. The Labute approximate surface area is 171 Å². The van der Waals surface area contributed by atoms with Gasteiger partial charge in [0.1, 0.15) is 25.0 Å². The molecule has 2 heterocycles. The van der Waals surface area contributed by atoms with E-state index in [1.807, 2.05) is 30.3 Å². The molecule has 0 spiro atoms. The van der Waals surface area contributed by atoms with Crippen molar-refractivity contribution in [3.05, 3.63) is 78.9 Å². The molecule has 1 aromatic heterocycles. The van der Waals surface area contributed by atoms with Crippen LogP contribution >= 0.6 is 0 Å². The Bertz CT molecular complexity index is 1060. The average Bonchev–Trinajstić information content (AvgIpc) is 3.12. The molecule has 3 rings (SSSR count). The van der Waals surface area contributed by atoms with Gasteiger partial charge < -0.3 is 15.2 Å². The van der Waals surface area contributed by atoms with Crippen molar-refractivity contribution in [2.75, 3.05) is 6.61 Å². The van der Waals surface area contributed by atoms with Crippen LogP contribution < -0.4 is 17.0 Å². The number of nitrogens with two attached hydrogens (primary N) is 1. The molecular weight excluding hydrogens is 392 g/mol. The lowest BCUT2D eigenvalue weighted by atomic mass is 10.1. The fourth-order valence-electron chi connectivity index (χ4n) is 3.25. The van der Waals surface area contributed by atoms with Crippen molar-refractivity contribution in [2.45, 2.75) is 44.2 Å². The largest absolute Gasteiger partial charge is 0.462 e. The van der Waals surface area contributed by atoms with Crippen LogP contribution in [0.25, 0.3) is 10.4 Å². The summed E-state index contributed by atoms with van der Waals surface area (Å²) < 4.78 is 12.3. The third kappa shape index (κ3) is 4.95. The van der Waals surface area contributed by atoms with Crippen molar-refractivity contribution < 1.29 is 14.3 Å². The van der Waals surface area contributed by atoms with Crippen LogP contribution in [-0.4, -0.2) is 40.3 Å². The quantitative estimate of drug-likeness (QED) is 0.296. The number of aryl methyl sites for hydroxylation is 1. The molecule has 1 fully saturated rings. The normalized spacial score (nSPS) is 21.6. The molecule has 0 bridgehead atoms. The number of rotatable bonds is 7. The first-order valence-electron chi connectivity index (χ1n) is 9.37. The van der Waals surface area contributed by atoms with Gasteiger partial charge in [0, 0.05) is 23.1 Å². The lowest BCUT2D eigenvalue weighted by Gasteiger charge is -2.18. The molecule has 11 heteroatoms. The minimum absolute atomic E-state index is 0.182. The van der Waals surface area contributed by atoms with Crippen molar-refractivity contribution in [3.8, 4) is 0 Å². The lowest BCUT2D eigenvalue weighted by molar-refractivity contribution is -0.150. The summed E-state index contributed by atoms with van der Waals surface area (Å²) in [5, 5.41) is 3.69. The number of nitrogens with zero attached hydrogens (tertiary/aromatic N) is 4. The molecule has 1 aliphatic rings. The van der Waals surface area contributed by atoms with Crippen LogP contribution in [-0.2, 0) is 20.7 Å². The van der Waals surface area contributed by atoms with Crippen LogP contribution in [0.3, 0.4) is 0 Å². The van der Waals surface area contributed by atoms with E-state index in [1.165, 1.54) is 10.8 Å². The van der Waals surface area contributed by atoms with Gasteiger partial charge >= 0.3 is 11.7 Å². The molecule has 158 valence electrons. The van der Waals surface area contributed by atoms with Gasteiger partial charge in [-0.3, -0.25) is 19.1 Å². The highest BCUT2D eigenvalue weighted by Crippen LogP contribution is 2.30. The highest BCUT2D eigenvalue weighted by molar-refractivity contribution is 5.75. The summed E-state index contributed by atoms with van der Waals surface area (Å²) in [4.78, 5) is 40.9. The number of azide groups is 1. The smallest absolute Gasteiger partial charge is 0.330 e. The third-order valence-electron chi connectivity index (χ3n) is 4.85. The van der Waals surface area contributed by atoms with Crippen LogP contribution in [0.4, 0.5) is 0 Å². The summed E-state index contributed by atoms with van der Waals surface area (Å²) in [5.41, 5.74) is 14.9. The molecule has 2 aromatic rings. The van der Waals surface area contributed by atoms with Crippen LogP contribution in [0.1, 0.15) is 23.8 Å². The van der Waals surface area contributed by atoms with E-state index in [-0.39, 0.29) is 13.0 Å². The first-order valence-corrected chi connectivity index (χ1v) is 9.37. The predicted octanol–water partition coefficient (Wildman–Crippen LogP) is 0.925.